The van der Waals surface area contributed by atoms with Crippen molar-refractivity contribution < 1.29 is 32.5 Å². The molecule has 0 fully saturated rings. The third-order valence-corrected chi connectivity index (χ3v) is 6.20. The molecule has 0 amide bonds. The zero-order valence-corrected chi connectivity index (χ0v) is 16.4. The minimum Gasteiger partial charge on any atom is -0.483 e. The summed E-state index contributed by atoms with van der Waals surface area (Å²) in [5.74, 6) is -0.791. The number of hydrogen-bond acceptors (Lipinski definition) is 7. The smallest absolute Gasteiger partial charge is 0.474 e. The average molecular weight is 394 g/mol. The molecule has 0 bridgehead atoms. The van der Waals surface area contributed by atoms with Crippen molar-refractivity contribution in [3.63, 3.8) is 0 Å². The summed E-state index contributed by atoms with van der Waals surface area (Å²) in [5, 5.41) is 0. The summed E-state index contributed by atoms with van der Waals surface area (Å²) in [6.07, 6.45) is 2.11. The second-order valence-electron chi connectivity index (χ2n) is 6.46. The van der Waals surface area contributed by atoms with Gasteiger partial charge in [0.2, 0.25) is 5.78 Å². The first-order chi connectivity index (χ1) is 12.9. The number of rotatable bonds is 8. The Morgan fingerprint density at radius 3 is 2.33 bits per heavy atom. The molecule has 2 aliphatic rings. The van der Waals surface area contributed by atoms with Crippen LogP contribution in [0.2, 0.25) is 0 Å². The second-order valence-corrected chi connectivity index (χ2v) is 8.29. The highest BCUT2D eigenvalue weighted by atomic mass is 31.2. The van der Waals surface area contributed by atoms with E-state index in [2.05, 4.69) is 0 Å². The molecule has 1 aromatic carbocycles. The number of ether oxygens (including phenoxy) is 1. The zero-order valence-electron chi connectivity index (χ0n) is 15.5. The maximum absolute atomic E-state index is 12.8. The molecule has 1 heterocycles. The average Bonchev–Trinajstić information content (AvgIpc) is 3.15. The SMILES string of the molecule is CCCCC(OP(=O)(OC)OC)C1=CC2C(=O)c3ccccc3C(=O)C2O1. The number of phosphoric ester groups is 1. The molecular weight excluding hydrogens is 371 g/mol. The Kier molecular flexibility index (Phi) is 5.96. The van der Waals surface area contributed by atoms with Crippen molar-refractivity contribution in [1.82, 2.24) is 0 Å². The molecule has 1 aliphatic heterocycles. The Morgan fingerprint density at radius 2 is 1.74 bits per heavy atom. The van der Waals surface area contributed by atoms with Crippen LogP contribution in [0.1, 0.15) is 46.9 Å². The van der Waals surface area contributed by atoms with E-state index in [0.717, 1.165) is 12.8 Å². The molecule has 3 rings (SSSR count). The standard InChI is InChI=1S/C19H23O7P/c1-4-5-10-15(26-27(22,23-2)24-3)16-11-14-17(20)12-8-6-7-9-13(12)18(21)19(14)25-16/h6-9,11,14-15,19H,4-5,10H2,1-3H3. The highest BCUT2D eigenvalue weighted by Gasteiger charge is 2.47. The lowest BCUT2D eigenvalue weighted by molar-refractivity contribution is 0.0349. The van der Waals surface area contributed by atoms with E-state index < -0.39 is 25.9 Å². The van der Waals surface area contributed by atoms with Crippen LogP contribution in [-0.2, 0) is 22.9 Å². The molecular formula is C19H23O7P. The van der Waals surface area contributed by atoms with E-state index in [0.29, 0.717) is 23.3 Å². The molecule has 8 heteroatoms. The van der Waals surface area contributed by atoms with Gasteiger partial charge in [-0.25, -0.2) is 4.57 Å². The van der Waals surface area contributed by atoms with Crippen LogP contribution < -0.4 is 0 Å². The van der Waals surface area contributed by atoms with Gasteiger partial charge in [-0.15, -0.1) is 0 Å². The third-order valence-electron chi connectivity index (χ3n) is 4.79. The van der Waals surface area contributed by atoms with E-state index in [1.807, 2.05) is 6.92 Å². The van der Waals surface area contributed by atoms with Gasteiger partial charge in [0.15, 0.2) is 11.9 Å². The minimum atomic E-state index is -3.75. The molecule has 1 aromatic rings. The van der Waals surface area contributed by atoms with Gasteiger partial charge < -0.3 is 4.74 Å². The van der Waals surface area contributed by atoms with Gasteiger partial charge >= 0.3 is 7.82 Å². The molecule has 0 aromatic heterocycles. The molecule has 0 spiro atoms. The molecule has 7 nitrogen and oxygen atoms in total. The van der Waals surface area contributed by atoms with Crippen molar-refractivity contribution in [2.45, 2.75) is 38.4 Å². The number of unbranched alkanes of at least 4 members (excludes halogenated alkanes) is 1. The maximum atomic E-state index is 12.8. The summed E-state index contributed by atoms with van der Waals surface area (Å²) in [6.45, 7) is 2.01. The van der Waals surface area contributed by atoms with Crippen molar-refractivity contribution in [1.29, 1.82) is 0 Å². The van der Waals surface area contributed by atoms with Crippen molar-refractivity contribution in [2.24, 2.45) is 5.92 Å². The summed E-state index contributed by atoms with van der Waals surface area (Å²) in [6, 6.07) is 6.72. The predicted octanol–water partition coefficient (Wildman–Crippen LogP) is 3.94. The summed E-state index contributed by atoms with van der Waals surface area (Å²) >= 11 is 0. The van der Waals surface area contributed by atoms with Gasteiger partial charge in [0.05, 0.1) is 5.92 Å². The van der Waals surface area contributed by atoms with Crippen LogP contribution >= 0.6 is 7.82 Å². The van der Waals surface area contributed by atoms with Crippen LogP contribution in [0, 0.1) is 5.92 Å². The first-order valence-corrected chi connectivity index (χ1v) is 10.4. The van der Waals surface area contributed by atoms with Gasteiger partial charge in [-0.3, -0.25) is 23.2 Å². The summed E-state index contributed by atoms with van der Waals surface area (Å²) in [4.78, 5) is 25.6. The van der Waals surface area contributed by atoms with Crippen LogP contribution in [0.15, 0.2) is 36.1 Å². The summed E-state index contributed by atoms with van der Waals surface area (Å²) in [7, 11) is -1.29. The number of fused-ring (bicyclic) bond motifs is 2. The highest BCUT2D eigenvalue weighted by Crippen LogP contribution is 2.51. The lowest BCUT2D eigenvalue weighted by Gasteiger charge is -2.26. The highest BCUT2D eigenvalue weighted by molar-refractivity contribution is 7.48. The molecule has 146 valence electrons. The molecule has 0 saturated heterocycles. The van der Waals surface area contributed by atoms with Gasteiger partial charge in [-0.1, -0.05) is 44.0 Å². The molecule has 0 radical (unpaired) electrons. The fourth-order valence-electron chi connectivity index (χ4n) is 3.34. The summed E-state index contributed by atoms with van der Waals surface area (Å²) < 4.78 is 33.5. The number of ketones is 2. The number of Topliss-reactive ketones (excluding diaryl/α,β-unsaturated/α-hetero) is 2. The Morgan fingerprint density at radius 1 is 1.11 bits per heavy atom. The molecule has 3 unspecified atom stereocenters. The fraction of sp³-hybridized carbons (Fsp3) is 0.474. The van der Waals surface area contributed by atoms with Gasteiger partial charge in [0.25, 0.3) is 0 Å². The molecule has 0 N–H and O–H groups in total. The molecule has 27 heavy (non-hydrogen) atoms. The predicted molar refractivity (Wildman–Crippen MR) is 97.6 cm³/mol. The second kappa shape index (κ2) is 8.07. The normalized spacial score (nSPS) is 22.7. The summed E-state index contributed by atoms with van der Waals surface area (Å²) in [5.41, 5.74) is 0.763. The number of benzene rings is 1. The number of hydrogen-bond donors (Lipinski definition) is 0. The quantitative estimate of drug-likeness (QED) is 0.617. The fourth-order valence-corrected chi connectivity index (χ4v) is 4.18. The molecule has 0 saturated carbocycles. The van der Waals surface area contributed by atoms with E-state index in [1.165, 1.54) is 14.2 Å². The van der Waals surface area contributed by atoms with Crippen LogP contribution in [0.25, 0.3) is 0 Å². The van der Waals surface area contributed by atoms with Crippen LogP contribution in [-0.4, -0.2) is 38.0 Å². The largest absolute Gasteiger partial charge is 0.483 e. The maximum Gasteiger partial charge on any atom is 0.474 e. The first-order valence-electron chi connectivity index (χ1n) is 8.89. The van der Waals surface area contributed by atoms with E-state index in [4.69, 9.17) is 18.3 Å². The Bertz CT molecular complexity index is 808. The number of carbonyl (C=O) groups excluding carboxylic acids is 2. The van der Waals surface area contributed by atoms with E-state index in [9.17, 15) is 14.2 Å². The van der Waals surface area contributed by atoms with Crippen molar-refractivity contribution in [3.8, 4) is 0 Å². The van der Waals surface area contributed by atoms with Gasteiger partial charge in [-0.05, 0) is 12.5 Å². The van der Waals surface area contributed by atoms with E-state index in [-0.39, 0.29) is 11.6 Å². The number of phosphoric acid groups is 1. The van der Waals surface area contributed by atoms with Gasteiger partial charge in [0.1, 0.15) is 11.9 Å². The van der Waals surface area contributed by atoms with E-state index >= 15 is 0 Å². The minimum absolute atomic E-state index is 0.166. The monoisotopic (exact) mass is 394 g/mol. The van der Waals surface area contributed by atoms with E-state index in [1.54, 1.807) is 30.3 Å². The third kappa shape index (κ3) is 3.78. The Hall–Kier alpha value is -1.79. The van der Waals surface area contributed by atoms with Crippen molar-refractivity contribution in [2.75, 3.05) is 14.2 Å². The van der Waals surface area contributed by atoms with Crippen molar-refractivity contribution >= 4 is 19.4 Å². The lowest BCUT2D eigenvalue weighted by Crippen LogP contribution is -2.38. The van der Waals surface area contributed by atoms with Crippen LogP contribution in [0.5, 0.6) is 0 Å². The Labute approximate surface area is 158 Å². The zero-order chi connectivity index (χ0) is 19.6. The van der Waals surface area contributed by atoms with Crippen LogP contribution in [0.4, 0.5) is 0 Å². The molecule has 3 atom stereocenters. The van der Waals surface area contributed by atoms with Gasteiger partial charge in [0, 0.05) is 25.3 Å². The molecule has 1 aliphatic carbocycles. The van der Waals surface area contributed by atoms with Crippen molar-refractivity contribution in [3.05, 3.63) is 47.2 Å². The van der Waals surface area contributed by atoms with Gasteiger partial charge in [-0.2, -0.15) is 0 Å². The lowest BCUT2D eigenvalue weighted by atomic mass is 9.80. The number of carbonyl (C=O) groups is 2. The first kappa shape index (κ1) is 20.0. The van der Waals surface area contributed by atoms with Crippen LogP contribution in [0.3, 0.4) is 0 Å². The topological polar surface area (TPSA) is 88.1 Å². The Balaban J connectivity index is 1.89.